The number of nitrogens with one attached hydrogen (secondary N) is 1. The number of aromatic nitrogens is 3. The molecule has 0 radical (unpaired) electrons. The number of aryl methyl sites for hydroxylation is 2. The molecule has 0 atom stereocenters. The minimum absolute atomic E-state index is 0.0893. The topological polar surface area (TPSA) is 103 Å². The van der Waals surface area contributed by atoms with E-state index in [4.69, 9.17) is 5.84 Å². The van der Waals surface area contributed by atoms with Gasteiger partial charge in [0.15, 0.2) is 0 Å². The van der Waals surface area contributed by atoms with E-state index in [1.807, 2.05) is 24.3 Å². The molecule has 1 aromatic heterocycles. The number of amides is 1. The second-order valence-corrected chi connectivity index (χ2v) is 6.32. The van der Waals surface area contributed by atoms with Crippen molar-refractivity contribution in [3.8, 4) is 0 Å². The summed E-state index contributed by atoms with van der Waals surface area (Å²) >= 11 is 1.06. The molecule has 0 spiro atoms. The van der Waals surface area contributed by atoms with Crippen molar-refractivity contribution in [3.63, 3.8) is 0 Å². The smallest absolute Gasteiger partial charge is 0.294 e. The van der Waals surface area contributed by atoms with Crippen molar-refractivity contribution in [3.05, 3.63) is 45.9 Å². The maximum absolute atomic E-state index is 12.0. The van der Waals surface area contributed by atoms with Gasteiger partial charge in [-0.15, -0.1) is 10.2 Å². The summed E-state index contributed by atoms with van der Waals surface area (Å²) in [5.41, 5.74) is 1.79. The van der Waals surface area contributed by atoms with E-state index in [0.29, 0.717) is 0 Å². The van der Waals surface area contributed by atoms with Gasteiger partial charge in [-0.3, -0.25) is 9.59 Å². The van der Waals surface area contributed by atoms with E-state index >= 15 is 0 Å². The van der Waals surface area contributed by atoms with Gasteiger partial charge in [-0.2, -0.15) is 4.68 Å². The van der Waals surface area contributed by atoms with Crippen LogP contribution in [0.3, 0.4) is 0 Å². The standard InChI is InChI=1S/C16H21N5O2S/c1-3-4-5-12-6-8-13(9-7-12)18-14(22)10-24-16-20-19-11(2)15(23)21(16)17/h6-9H,3-5,10,17H2,1-2H3,(H,18,22). The molecule has 3 N–H and O–H groups in total. The van der Waals surface area contributed by atoms with Crippen molar-refractivity contribution in [2.75, 3.05) is 16.9 Å². The number of carbonyl (C=O) groups excluding carboxylic acids is 1. The molecule has 8 heteroatoms. The van der Waals surface area contributed by atoms with Gasteiger partial charge in [0.25, 0.3) is 5.56 Å². The van der Waals surface area contributed by atoms with E-state index in [-0.39, 0.29) is 22.5 Å². The zero-order valence-corrected chi connectivity index (χ0v) is 14.6. The second kappa shape index (κ2) is 8.49. The Morgan fingerprint density at radius 1 is 1.29 bits per heavy atom. The Kier molecular flexibility index (Phi) is 6.36. The fourth-order valence-electron chi connectivity index (χ4n) is 2.03. The molecule has 0 aliphatic rings. The number of nitrogen functional groups attached to an aromatic ring is 1. The number of unbranched alkanes of at least 4 members (excludes halogenated alkanes) is 1. The summed E-state index contributed by atoms with van der Waals surface area (Å²) in [6.07, 6.45) is 3.35. The summed E-state index contributed by atoms with van der Waals surface area (Å²) in [5, 5.41) is 10.6. The first-order valence-corrected chi connectivity index (χ1v) is 8.72. The second-order valence-electron chi connectivity index (χ2n) is 5.38. The fraction of sp³-hybridized carbons (Fsp3) is 0.375. The van der Waals surface area contributed by atoms with Crippen LogP contribution >= 0.6 is 11.8 Å². The predicted octanol–water partition coefficient (Wildman–Crippen LogP) is 1.73. The van der Waals surface area contributed by atoms with Crippen molar-refractivity contribution in [2.24, 2.45) is 0 Å². The highest BCUT2D eigenvalue weighted by atomic mass is 32.2. The molecule has 0 saturated carbocycles. The van der Waals surface area contributed by atoms with Crippen LogP contribution in [0.15, 0.2) is 34.2 Å². The highest BCUT2D eigenvalue weighted by Gasteiger charge is 2.10. The number of nitrogens with two attached hydrogens (primary N) is 1. The number of carbonyl (C=O) groups is 1. The molecule has 0 aliphatic heterocycles. The van der Waals surface area contributed by atoms with Gasteiger partial charge in [-0.05, 0) is 37.5 Å². The molecule has 0 aliphatic carbocycles. The van der Waals surface area contributed by atoms with Crippen LogP contribution in [-0.2, 0) is 11.2 Å². The molecule has 2 aromatic rings. The first-order chi connectivity index (χ1) is 11.5. The summed E-state index contributed by atoms with van der Waals surface area (Å²) in [7, 11) is 0. The van der Waals surface area contributed by atoms with Gasteiger partial charge < -0.3 is 11.2 Å². The van der Waals surface area contributed by atoms with Crippen LogP contribution in [0.2, 0.25) is 0 Å². The van der Waals surface area contributed by atoms with Crippen LogP contribution < -0.4 is 16.7 Å². The van der Waals surface area contributed by atoms with Crippen LogP contribution in [0.4, 0.5) is 5.69 Å². The number of hydrogen-bond donors (Lipinski definition) is 2. The van der Waals surface area contributed by atoms with E-state index in [9.17, 15) is 9.59 Å². The Balaban J connectivity index is 1.89. The fourth-order valence-corrected chi connectivity index (χ4v) is 2.68. The average Bonchev–Trinajstić information content (AvgIpc) is 2.58. The maximum atomic E-state index is 12.0. The Hall–Kier alpha value is -2.35. The molecule has 0 fully saturated rings. The zero-order chi connectivity index (χ0) is 17.5. The number of nitrogens with zero attached hydrogens (tertiary/aromatic N) is 3. The third-order valence-electron chi connectivity index (χ3n) is 3.41. The summed E-state index contributed by atoms with van der Waals surface area (Å²) in [6.45, 7) is 3.69. The van der Waals surface area contributed by atoms with E-state index in [0.717, 1.165) is 41.4 Å². The van der Waals surface area contributed by atoms with Crippen molar-refractivity contribution >= 4 is 23.4 Å². The Labute approximate surface area is 144 Å². The van der Waals surface area contributed by atoms with E-state index < -0.39 is 5.56 Å². The molecular formula is C16H21N5O2S. The summed E-state index contributed by atoms with van der Waals surface area (Å²) in [6, 6.07) is 7.80. The number of hydrogen-bond acceptors (Lipinski definition) is 6. The third-order valence-corrected chi connectivity index (χ3v) is 4.35. The number of anilines is 1. The van der Waals surface area contributed by atoms with Crippen molar-refractivity contribution < 1.29 is 4.79 Å². The highest BCUT2D eigenvalue weighted by Crippen LogP contribution is 2.14. The zero-order valence-electron chi connectivity index (χ0n) is 13.8. The van der Waals surface area contributed by atoms with E-state index in [1.165, 1.54) is 12.5 Å². The highest BCUT2D eigenvalue weighted by molar-refractivity contribution is 7.99. The van der Waals surface area contributed by atoms with E-state index in [2.05, 4.69) is 22.4 Å². The molecule has 1 heterocycles. The van der Waals surface area contributed by atoms with Crippen LogP contribution in [-0.4, -0.2) is 26.5 Å². The number of benzene rings is 1. The maximum Gasteiger partial charge on any atom is 0.294 e. The van der Waals surface area contributed by atoms with Crippen molar-refractivity contribution in [1.29, 1.82) is 0 Å². The third kappa shape index (κ3) is 4.82. The molecule has 0 unspecified atom stereocenters. The normalized spacial score (nSPS) is 10.6. The van der Waals surface area contributed by atoms with Crippen LogP contribution in [0.5, 0.6) is 0 Å². The minimum atomic E-state index is -0.421. The molecule has 7 nitrogen and oxygen atoms in total. The van der Waals surface area contributed by atoms with Gasteiger partial charge in [-0.25, -0.2) is 0 Å². The molecule has 0 saturated heterocycles. The summed E-state index contributed by atoms with van der Waals surface area (Å²) < 4.78 is 0.906. The van der Waals surface area contributed by atoms with Crippen LogP contribution in [0, 0.1) is 6.92 Å². The Bertz CT molecular complexity index is 758. The minimum Gasteiger partial charge on any atom is -0.334 e. The van der Waals surface area contributed by atoms with Gasteiger partial charge in [0, 0.05) is 5.69 Å². The molecule has 24 heavy (non-hydrogen) atoms. The van der Waals surface area contributed by atoms with Gasteiger partial charge >= 0.3 is 0 Å². The molecular weight excluding hydrogens is 326 g/mol. The summed E-state index contributed by atoms with van der Waals surface area (Å²) in [5.74, 6) is 5.52. The first kappa shape index (κ1) is 18.0. The first-order valence-electron chi connectivity index (χ1n) is 7.74. The van der Waals surface area contributed by atoms with Crippen molar-refractivity contribution in [2.45, 2.75) is 38.3 Å². The molecule has 128 valence electrons. The van der Waals surface area contributed by atoms with Gasteiger partial charge in [0.2, 0.25) is 11.1 Å². The average molecular weight is 347 g/mol. The van der Waals surface area contributed by atoms with Crippen LogP contribution in [0.1, 0.15) is 31.0 Å². The number of rotatable bonds is 7. The van der Waals surface area contributed by atoms with Crippen LogP contribution in [0.25, 0.3) is 0 Å². The quantitative estimate of drug-likeness (QED) is 0.584. The molecule has 0 bridgehead atoms. The van der Waals surface area contributed by atoms with E-state index in [1.54, 1.807) is 0 Å². The Morgan fingerprint density at radius 2 is 2.00 bits per heavy atom. The van der Waals surface area contributed by atoms with Gasteiger partial charge in [0.05, 0.1) is 5.75 Å². The largest absolute Gasteiger partial charge is 0.334 e. The lowest BCUT2D eigenvalue weighted by molar-refractivity contribution is -0.113. The predicted molar refractivity (Wildman–Crippen MR) is 95.6 cm³/mol. The lowest BCUT2D eigenvalue weighted by Crippen LogP contribution is -2.32. The molecule has 2 rings (SSSR count). The molecule has 1 amide bonds. The Morgan fingerprint density at radius 3 is 2.67 bits per heavy atom. The van der Waals surface area contributed by atoms with Gasteiger partial charge in [-0.1, -0.05) is 37.2 Å². The number of thioether (sulfide) groups is 1. The van der Waals surface area contributed by atoms with Crippen molar-refractivity contribution in [1.82, 2.24) is 14.9 Å². The lowest BCUT2D eigenvalue weighted by Gasteiger charge is -2.08. The lowest BCUT2D eigenvalue weighted by atomic mass is 10.1. The monoisotopic (exact) mass is 347 g/mol. The summed E-state index contributed by atoms with van der Waals surface area (Å²) in [4.78, 5) is 23.7. The van der Waals surface area contributed by atoms with Gasteiger partial charge in [0.1, 0.15) is 5.69 Å². The molecule has 1 aromatic carbocycles. The SMILES string of the molecule is CCCCc1ccc(NC(=O)CSc2nnc(C)c(=O)n2N)cc1.